The third-order valence-corrected chi connectivity index (χ3v) is 3.65. The van der Waals surface area contributed by atoms with Crippen molar-refractivity contribution >= 4 is 29.6 Å². The SMILES string of the molecule is CC=Nc1nc2c(ncn2[C@H]2C[C@H](O)[C@@H](COCC=O)O2)c(=O)[nH]1. The molecule has 0 aromatic carbocycles. The number of aliphatic imine (C=N–C) groups is 1. The zero-order chi connectivity index (χ0) is 17.1. The minimum absolute atomic E-state index is 0.0550. The molecule has 1 saturated heterocycles. The number of hydrogen-bond donors (Lipinski definition) is 2. The summed E-state index contributed by atoms with van der Waals surface area (Å²) in [5, 5.41) is 10.1. The minimum Gasteiger partial charge on any atom is -0.390 e. The van der Waals surface area contributed by atoms with Crippen molar-refractivity contribution in [3.8, 4) is 0 Å². The van der Waals surface area contributed by atoms with E-state index in [0.29, 0.717) is 18.4 Å². The fourth-order valence-corrected chi connectivity index (χ4v) is 2.58. The summed E-state index contributed by atoms with van der Waals surface area (Å²) < 4.78 is 12.4. The number of hydrogen-bond acceptors (Lipinski definition) is 8. The number of rotatable bonds is 6. The molecule has 1 aliphatic heterocycles. The summed E-state index contributed by atoms with van der Waals surface area (Å²) in [7, 11) is 0. The second kappa shape index (κ2) is 6.99. The van der Waals surface area contributed by atoms with Crippen LogP contribution in [0.25, 0.3) is 11.2 Å². The van der Waals surface area contributed by atoms with Gasteiger partial charge >= 0.3 is 0 Å². The van der Waals surface area contributed by atoms with Crippen LogP contribution in [0, 0.1) is 0 Å². The van der Waals surface area contributed by atoms with Gasteiger partial charge in [0.2, 0.25) is 5.95 Å². The molecule has 0 unspecified atom stereocenters. The molecule has 3 rings (SSSR count). The van der Waals surface area contributed by atoms with Gasteiger partial charge < -0.3 is 19.4 Å². The Morgan fingerprint density at radius 1 is 1.62 bits per heavy atom. The van der Waals surface area contributed by atoms with Gasteiger partial charge in [-0.1, -0.05) is 0 Å². The molecule has 0 spiro atoms. The van der Waals surface area contributed by atoms with E-state index >= 15 is 0 Å². The Balaban J connectivity index is 1.87. The Labute approximate surface area is 136 Å². The van der Waals surface area contributed by atoms with Crippen LogP contribution in [0.3, 0.4) is 0 Å². The molecule has 10 heteroatoms. The molecule has 2 aromatic heterocycles. The molecule has 0 saturated carbocycles. The lowest BCUT2D eigenvalue weighted by molar-refractivity contribution is -0.115. The molecule has 128 valence electrons. The first-order valence-corrected chi connectivity index (χ1v) is 7.44. The average Bonchev–Trinajstić information content (AvgIpc) is 3.12. The van der Waals surface area contributed by atoms with Gasteiger partial charge in [-0.25, -0.2) is 9.98 Å². The summed E-state index contributed by atoms with van der Waals surface area (Å²) >= 11 is 0. The van der Waals surface area contributed by atoms with Gasteiger partial charge in [-0.15, -0.1) is 0 Å². The number of H-pyrrole nitrogens is 1. The molecule has 1 aliphatic rings. The molecule has 3 heterocycles. The Bertz CT molecular complexity index is 813. The number of aldehydes is 1. The Morgan fingerprint density at radius 2 is 2.46 bits per heavy atom. The second-order valence-corrected chi connectivity index (χ2v) is 5.24. The van der Waals surface area contributed by atoms with Crippen molar-refractivity contribution in [2.75, 3.05) is 13.2 Å². The quantitative estimate of drug-likeness (QED) is 0.421. The summed E-state index contributed by atoms with van der Waals surface area (Å²) in [6.45, 7) is 1.75. The molecule has 10 nitrogen and oxygen atoms in total. The monoisotopic (exact) mass is 335 g/mol. The predicted octanol–water partition coefficient (Wildman–Crippen LogP) is -0.294. The summed E-state index contributed by atoms with van der Waals surface area (Å²) in [5.41, 5.74) is 0.0959. The van der Waals surface area contributed by atoms with Crippen molar-refractivity contribution in [2.45, 2.75) is 31.8 Å². The molecule has 3 atom stereocenters. The van der Waals surface area contributed by atoms with E-state index in [-0.39, 0.29) is 24.7 Å². The Kier molecular flexibility index (Phi) is 4.79. The summed E-state index contributed by atoms with van der Waals surface area (Å²) in [5.74, 6) is 0.168. The van der Waals surface area contributed by atoms with Crippen molar-refractivity contribution in [3.05, 3.63) is 16.7 Å². The van der Waals surface area contributed by atoms with Gasteiger partial charge in [0.25, 0.3) is 5.56 Å². The van der Waals surface area contributed by atoms with Crippen LogP contribution in [0.1, 0.15) is 19.6 Å². The molecule has 24 heavy (non-hydrogen) atoms. The molecule has 0 aliphatic carbocycles. The first kappa shape index (κ1) is 16.4. The van der Waals surface area contributed by atoms with Crippen molar-refractivity contribution in [1.29, 1.82) is 0 Å². The van der Waals surface area contributed by atoms with E-state index in [1.54, 1.807) is 11.5 Å². The van der Waals surface area contributed by atoms with Gasteiger partial charge in [0.15, 0.2) is 11.2 Å². The maximum Gasteiger partial charge on any atom is 0.280 e. The maximum absolute atomic E-state index is 12.0. The van der Waals surface area contributed by atoms with E-state index in [2.05, 4.69) is 19.9 Å². The van der Waals surface area contributed by atoms with Gasteiger partial charge in [0, 0.05) is 12.6 Å². The topological polar surface area (TPSA) is 132 Å². The van der Waals surface area contributed by atoms with Gasteiger partial charge in [-0.3, -0.25) is 14.3 Å². The highest BCUT2D eigenvalue weighted by Gasteiger charge is 2.36. The first-order valence-electron chi connectivity index (χ1n) is 7.44. The van der Waals surface area contributed by atoms with Crippen LogP contribution in [0.2, 0.25) is 0 Å². The lowest BCUT2D eigenvalue weighted by Crippen LogP contribution is -2.26. The van der Waals surface area contributed by atoms with Gasteiger partial charge in [0.1, 0.15) is 25.2 Å². The van der Waals surface area contributed by atoms with Crippen LogP contribution in [0.15, 0.2) is 16.1 Å². The van der Waals surface area contributed by atoms with Crippen LogP contribution in [-0.2, 0) is 14.3 Å². The Hall–Kier alpha value is -2.43. The largest absolute Gasteiger partial charge is 0.390 e. The number of nitrogens with one attached hydrogen (secondary N) is 1. The van der Waals surface area contributed by atoms with Crippen LogP contribution >= 0.6 is 0 Å². The van der Waals surface area contributed by atoms with E-state index in [1.807, 2.05) is 0 Å². The number of carbonyl (C=O) groups is 1. The molecule has 2 N–H and O–H groups in total. The number of aliphatic hydroxyl groups excluding tert-OH is 1. The van der Waals surface area contributed by atoms with E-state index in [0.717, 1.165) is 0 Å². The third-order valence-electron chi connectivity index (χ3n) is 3.65. The zero-order valence-corrected chi connectivity index (χ0v) is 13.0. The number of fused-ring (bicyclic) bond motifs is 1. The van der Waals surface area contributed by atoms with Crippen molar-refractivity contribution in [3.63, 3.8) is 0 Å². The molecular formula is C14H17N5O5. The third kappa shape index (κ3) is 3.11. The first-order chi connectivity index (χ1) is 11.6. The zero-order valence-electron chi connectivity index (χ0n) is 13.0. The molecular weight excluding hydrogens is 318 g/mol. The van der Waals surface area contributed by atoms with Gasteiger partial charge in [-0.2, -0.15) is 4.98 Å². The fourth-order valence-electron chi connectivity index (χ4n) is 2.58. The van der Waals surface area contributed by atoms with Gasteiger partial charge in [0.05, 0.1) is 19.0 Å². The summed E-state index contributed by atoms with van der Waals surface area (Å²) in [4.78, 5) is 37.1. The van der Waals surface area contributed by atoms with Crippen molar-refractivity contribution in [1.82, 2.24) is 19.5 Å². The highest BCUT2D eigenvalue weighted by molar-refractivity contribution is 5.71. The number of aromatic nitrogens is 4. The smallest absolute Gasteiger partial charge is 0.280 e. The molecule has 2 aromatic rings. The predicted molar refractivity (Wildman–Crippen MR) is 83.4 cm³/mol. The number of imidazole rings is 1. The van der Waals surface area contributed by atoms with Crippen molar-refractivity contribution in [2.24, 2.45) is 4.99 Å². The van der Waals surface area contributed by atoms with Crippen molar-refractivity contribution < 1.29 is 19.4 Å². The second-order valence-electron chi connectivity index (χ2n) is 5.24. The van der Waals surface area contributed by atoms with E-state index < -0.39 is 24.0 Å². The average molecular weight is 335 g/mol. The van der Waals surface area contributed by atoms with Crippen LogP contribution in [0.4, 0.5) is 5.95 Å². The molecule has 0 amide bonds. The lowest BCUT2D eigenvalue weighted by atomic mass is 10.2. The summed E-state index contributed by atoms with van der Waals surface area (Å²) in [6.07, 6.45) is 2.02. The number of ether oxygens (including phenoxy) is 2. The molecule has 0 radical (unpaired) electrons. The van der Waals surface area contributed by atoms with E-state index in [4.69, 9.17) is 9.47 Å². The molecule has 1 fully saturated rings. The van der Waals surface area contributed by atoms with Crippen LogP contribution in [0.5, 0.6) is 0 Å². The maximum atomic E-state index is 12.0. The standard InChI is InChI=1S/C14H17N5O5/c1-2-15-14-17-12-11(13(22)18-14)16-7-19(12)10-5-8(21)9(24-10)6-23-4-3-20/h2-3,7-10,21H,4-6H2,1H3,(H,17,18,22)/t8-,9+,10+/m0/s1. The highest BCUT2D eigenvalue weighted by Crippen LogP contribution is 2.30. The van der Waals surface area contributed by atoms with Crippen LogP contribution < -0.4 is 5.56 Å². The number of nitrogens with zero attached hydrogens (tertiary/aromatic N) is 4. The molecule has 0 bridgehead atoms. The normalized spacial score (nSPS) is 24.2. The highest BCUT2D eigenvalue weighted by atomic mass is 16.6. The van der Waals surface area contributed by atoms with E-state index in [9.17, 15) is 14.7 Å². The lowest BCUT2D eigenvalue weighted by Gasteiger charge is -2.15. The van der Waals surface area contributed by atoms with Crippen LogP contribution in [-0.4, -0.2) is 62.5 Å². The van der Waals surface area contributed by atoms with E-state index in [1.165, 1.54) is 12.5 Å². The minimum atomic E-state index is -0.755. The Morgan fingerprint density at radius 3 is 3.21 bits per heavy atom. The number of carbonyl (C=O) groups excluding carboxylic acids is 1. The van der Waals surface area contributed by atoms with Gasteiger partial charge in [-0.05, 0) is 6.92 Å². The number of aliphatic hydroxyl groups is 1. The fraction of sp³-hybridized carbons (Fsp3) is 0.500. The summed E-state index contributed by atoms with van der Waals surface area (Å²) in [6, 6.07) is 0. The number of aromatic amines is 1.